The molecule has 0 spiro atoms. The van der Waals surface area contributed by atoms with Crippen molar-refractivity contribution in [3.05, 3.63) is 23.5 Å². The summed E-state index contributed by atoms with van der Waals surface area (Å²) in [6.45, 7) is 8.90. The van der Waals surface area contributed by atoms with Gasteiger partial charge < -0.3 is 11.1 Å². The van der Waals surface area contributed by atoms with Gasteiger partial charge in [-0.2, -0.15) is 0 Å². The van der Waals surface area contributed by atoms with Gasteiger partial charge in [0.15, 0.2) is 0 Å². The Morgan fingerprint density at radius 3 is 2.71 bits per heavy atom. The number of hydrogen-bond acceptors (Lipinski definition) is 3. The van der Waals surface area contributed by atoms with E-state index in [1.165, 1.54) is 0 Å². The van der Waals surface area contributed by atoms with Crippen LogP contribution in [0.2, 0.25) is 0 Å². The van der Waals surface area contributed by atoms with Crippen LogP contribution in [0.1, 0.15) is 43.2 Å². The molecule has 0 aliphatic rings. The lowest BCUT2D eigenvalue weighted by Crippen LogP contribution is -2.28. The Hall–Kier alpha value is -1.58. The van der Waals surface area contributed by atoms with Crippen LogP contribution in [0.25, 0.3) is 0 Å². The maximum atomic E-state index is 11.9. The van der Waals surface area contributed by atoms with Crippen LogP contribution in [0.5, 0.6) is 0 Å². The zero-order valence-electron chi connectivity index (χ0n) is 11.0. The topological polar surface area (TPSA) is 68.0 Å². The first-order valence-electron chi connectivity index (χ1n) is 5.80. The second-order valence-corrected chi connectivity index (χ2v) is 5.47. The molecule has 0 radical (unpaired) electrons. The molecule has 3 N–H and O–H groups in total. The van der Waals surface area contributed by atoms with E-state index in [1.54, 1.807) is 19.2 Å². The number of nitrogens with one attached hydrogen (secondary N) is 1. The molecule has 17 heavy (non-hydrogen) atoms. The Labute approximate surface area is 103 Å². The summed E-state index contributed by atoms with van der Waals surface area (Å²) >= 11 is 0. The summed E-state index contributed by atoms with van der Waals surface area (Å²) < 4.78 is 0. The summed E-state index contributed by atoms with van der Waals surface area (Å²) in [5.74, 6) is -0.105. The number of carbonyl (C=O) groups excluding carboxylic acids is 1. The Morgan fingerprint density at radius 1 is 1.47 bits per heavy atom. The van der Waals surface area contributed by atoms with Gasteiger partial charge in [0.2, 0.25) is 0 Å². The monoisotopic (exact) mass is 235 g/mol. The maximum absolute atomic E-state index is 11.9. The molecule has 94 valence electrons. The maximum Gasteiger partial charge on any atom is 0.253 e. The third kappa shape index (κ3) is 4.43. The fourth-order valence-corrected chi connectivity index (χ4v) is 1.43. The molecule has 1 aromatic heterocycles. The number of rotatable bonds is 3. The number of nitrogen functional groups attached to an aromatic ring is 1. The first-order valence-corrected chi connectivity index (χ1v) is 5.80. The first-order chi connectivity index (χ1) is 7.79. The van der Waals surface area contributed by atoms with Gasteiger partial charge in [-0.05, 0) is 24.8 Å². The van der Waals surface area contributed by atoms with Crippen molar-refractivity contribution in [1.29, 1.82) is 0 Å². The van der Waals surface area contributed by atoms with E-state index < -0.39 is 0 Å². The summed E-state index contributed by atoms with van der Waals surface area (Å²) in [4.78, 5) is 16.0. The van der Waals surface area contributed by atoms with Gasteiger partial charge in [0.1, 0.15) is 0 Å². The molecule has 0 atom stereocenters. The van der Waals surface area contributed by atoms with Crippen LogP contribution in [-0.4, -0.2) is 17.4 Å². The lowest BCUT2D eigenvalue weighted by Gasteiger charge is -2.18. The molecule has 0 fully saturated rings. The predicted octanol–water partition coefficient (Wildman–Crippen LogP) is 2.14. The highest BCUT2D eigenvalue weighted by Gasteiger charge is 2.13. The fraction of sp³-hybridized carbons (Fsp3) is 0.538. The summed E-state index contributed by atoms with van der Waals surface area (Å²) in [6.07, 6.45) is 2.49. The van der Waals surface area contributed by atoms with Crippen LogP contribution in [-0.2, 0) is 0 Å². The van der Waals surface area contributed by atoms with Crippen molar-refractivity contribution in [3.8, 4) is 0 Å². The molecule has 0 bridgehead atoms. The molecule has 4 nitrogen and oxygen atoms in total. The summed E-state index contributed by atoms with van der Waals surface area (Å²) in [6, 6.07) is 1.66. The van der Waals surface area contributed by atoms with E-state index in [0.29, 0.717) is 23.5 Å². The largest absolute Gasteiger partial charge is 0.397 e. The van der Waals surface area contributed by atoms with E-state index in [2.05, 4.69) is 31.1 Å². The van der Waals surface area contributed by atoms with Crippen molar-refractivity contribution in [2.45, 2.75) is 34.1 Å². The fourth-order valence-electron chi connectivity index (χ4n) is 1.43. The van der Waals surface area contributed by atoms with E-state index in [1.807, 2.05) is 0 Å². The molecule has 0 unspecified atom stereocenters. The van der Waals surface area contributed by atoms with E-state index in [-0.39, 0.29) is 11.3 Å². The lowest BCUT2D eigenvalue weighted by atomic mass is 9.92. The Kier molecular flexibility index (Phi) is 4.10. The molecule has 0 saturated carbocycles. The summed E-state index contributed by atoms with van der Waals surface area (Å²) in [7, 11) is 0. The van der Waals surface area contributed by atoms with Crippen molar-refractivity contribution in [3.63, 3.8) is 0 Å². The van der Waals surface area contributed by atoms with Gasteiger partial charge >= 0.3 is 0 Å². The molecular formula is C13H21N3O. The van der Waals surface area contributed by atoms with Crippen molar-refractivity contribution < 1.29 is 4.79 Å². The van der Waals surface area contributed by atoms with Crippen LogP contribution in [0.15, 0.2) is 12.3 Å². The van der Waals surface area contributed by atoms with E-state index >= 15 is 0 Å². The molecule has 0 aliphatic heterocycles. The zero-order valence-corrected chi connectivity index (χ0v) is 11.0. The van der Waals surface area contributed by atoms with E-state index in [0.717, 1.165) is 6.42 Å². The Bertz CT molecular complexity index is 408. The molecule has 0 aromatic carbocycles. The number of aromatic nitrogens is 1. The highest BCUT2D eigenvalue weighted by molar-refractivity contribution is 5.95. The number of pyridine rings is 1. The van der Waals surface area contributed by atoms with Crippen LogP contribution in [0.4, 0.5) is 5.69 Å². The van der Waals surface area contributed by atoms with Crippen LogP contribution in [0.3, 0.4) is 0 Å². The SMILES string of the molecule is Cc1ncc(N)cc1C(=O)NCCC(C)(C)C. The third-order valence-electron chi connectivity index (χ3n) is 2.51. The standard InChI is InChI=1S/C13H21N3O/c1-9-11(7-10(14)8-16-9)12(17)15-6-5-13(2,3)4/h7-8H,5-6,14H2,1-4H3,(H,15,17). The second-order valence-electron chi connectivity index (χ2n) is 5.47. The predicted molar refractivity (Wildman–Crippen MR) is 69.8 cm³/mol. The number of anilines is 1. The van der Waals surface area contributed by atoms with Crippen LogP contribution >= 0.6 is 0 Å². The van der Waals surface area contributed by atoms with Crippen molar-refractivity contribution in [2.75, 3.05) is 12.3 Å². The van der Waals surface area contributed by atoms with Crippen LogP contribution < -0.4 is 11.1 Å². The molecule has 1 aromatic rings. The quantitative estimate of drug-likeness (QED) is 0.843. The van der Waals surface area contributed by atoms with Crippen molar-refractivity contribution >= 4 is 11.6 Å². The van der Waals surface area contributed by atoms with Gasteiger partial charge in [0.05, 0.1) is 23.1 Å². The van der Waals surface area contributed by atoms with Gasteiger partial charge in [0.25, 0.3) is 5.91 Å². The average molecular weight is 235 g/mol. The normalized spacial score (nSPS) is 11.3. The van der Waals surface area contributed by atoms with E-state index in [9.17, 15) is 4.79 Å². The van der Waals surface area contributed by atoms with E-state index in [4.69, 9.17) is 5.73 Å². The Balaban J connectivity index is 2.61. The van der Waals surface area contributed by atoms with Gasteiger partial charge in [-0.25, -0.2) is 0 Å². The number of nitrogens with two attached hydrogens (primary N) is 1. The summed E-state index contributed by atoms with van der Waals surface area (Å²) in [5, 5.41) is 2.89. The number of amides is 1. The average Bonchev–Trinajstić information content (AvgIpc) is 2.19. The van der Waals surface area contributed by atoms with Gasteiger partial charge in [-0.3, -0.25) is 9.78 Å². The lowest BCUT2D eigenvalue weighted by molar-refractivity contribution is 0.0948. The molecule has 1 heterocycles. The van der Waals surface area contributed by atoms with Crippen molar-refractivity contribution in [2.24, 2.45) is 5.41 Å². The first kappa shape index (κ1) is 13.5. The molecule has 1 rings (SSSR count). The van der Waals surface area contributed by atoms with Crippen molar-refractivity contribution in [1.82, 2.24) is 10.3 Å². The molecule has 0 saturated heterocycles. The molecule has 1 amide bonds. The minimum atomic E-state index is -0.105. The minimum absolute atomic E-state index is 0.105. The summed E-state index contributed by atoms with van der Waals surface area (Å²) in [5.41, 5.74) is 7.61. The minimum Gasteiger partial charge on any atom is -0.397 e. The Morgan fingerprint density at radius 2 is 2.12 bits per heavy atom. The third-order valence-corrected chi connectivity index (χ3v) is 2.51. The highest BCUT2D eigenvalue weighted by atomic mass is 16.1. The molecular weight excluding hydrogens is 214 g/mol. The zero-order chi connectivity index (χ0) is 13.1. The number of nitrogens with zero attached hydrogens (tertiary/aromatic N) is 1. The second kappa shape index (κ2) is 5.17. The van der Waals surface area contributed by atoms with Gasteiger partial charge in [-0.1, -0.05) is 20.8 Å². The molecule has 4 heteroatoms. The molecule has 0 aliphatic carbocycles. The smallest absolute Gasteiger partial charge is 0.253 e. The number of aryl methyl sites for hydroxylation is 1. The van der Waals surface area contributed by atoms with Gasteiger partial charge in [-0.15, -0.1) is 0 Å². The highest BCUT2D eigenvalue weighted by Crippen LogP contribution is 2.17. The number of carbonyl (C=O) groups is 1. The van der Waals surface area contributed by atoms with Crippen LogP contribution in [0, 0.1) is 12.3 Å². The van der Waals surface area contributed by atoms with Gasteiger partial charge in [0, 0.05) is 6.54 Å². The number of hydrogen-bond donors (Lipinski definition) is 2.